The number of rotatable bonds is 8. The van der Waals surface area contributed by atoms with E-state index in [9.17, 15) is 4.39 Å². The minimum absolute atomic E-state index is 0.111. The first-order valence-electron chi connectivity index (χ1n) is 7.34. The highest BCUT2D eigenvalue weighted by molar-refractivity contribution is 5.49. The molecule has 0 aromatic heterocycles. The Kier molecular flexibility index (Phi) is 6.85. The number of nitrogens with one attached hydrogen (secondary N) is 1. The summed E-state index contributed by atoms with van der Waals surface area (Å²) in [6.45, 7) is 8.98. The molecule has 0 radical (unpaired) electrons. The van der Waals surface area contributed by atoms with E-state index in [0.29, 0.717) is 12.5 Å². The van der Waals surface area contributed by atoms with E-state index in [1.54, 1.807) is 6.07 Å². The molecule has 0 saturated carbocycles. The summed E-state index contributed by atoms with van der Waals surface area (Å²) < 4.78 is 14.2. The molecular weight excluding hydrogens is 239 g/mol. The van der Waals surface area contributed by atoms with Crippen LogP contribution >= 0.6 is 0 Å². The number of benzene rings is 1. The van der Waals surface area contributed by atoms with Gasteiger partial charge in [0, 0.05) is 19.6 Å². The van der Waals surface area contributed by atoms with E-state index in [-0.39, 0.29) is 5.82 Å². The third-order valence-electron chi connectivity index (χ3n) is 3.75. The summed E-state index contributed by atoms with van der Waals surface area (Å²) in [7, 11) is 1.87. The lowest BCUT2D eigenvalue weighted by Crippen LogP contribution is -2.29. The Labute approximate surface area is 117 Å². The predicted molar refractivity (Wildman–Crippen MR) is 81.1 cm³/mol. The van der Waals surface area contributed by atoms with E-state index >= 15 is 0 Å². The van der Waals surface area contributed by atoms with Crippen LogP contribution in [0.2, 0.25) is 0 Å². The molecule has 0 aliphatic rings. The Hall–Kier alpha value is -1.09. The van der Waals surface area contributed by atoms with Crippen molar-refractivity contribution < 1.29 is 4.39 Å². The van der Waals surface area contributed by atoms with Crippen LogP contribution in [0.4, 0.5) is 10.1 Å². The van der Waals surface area contributed by atoms with Crippen LogP contribution in [-0.2, 0) is 6.54 Å². The van der Waals surface area contributed by atoms with Crippen LogP contribution in [0.1, 0.15) is 39.2 Å². The molecule has 19 heavy (non-hydrogen) atoms. The lowest BCUT2D eigenvalue weighted by molar-refractivity contribution is 0.481. The van der Waals surface area contributed by atoms with Gasteiger partial charge >= 0.3 is 0 Å². The molecule has 0 aliphatic heterocycles. The molecule has 0 bridgehead atoms. The van der Waals surface area contributed by atoms with E-state index in [2.05, 4.69) is 31.0 Å². The third-order valence-corrected chi connectivity index (χ3v) is 3.75. The Morgan fingerprint density at radius 2 is 1.89 bits per heavy atom. The maximum Gasteiger partial charge on any atom is 0.146 e. The molecule has 0 spiro atoms. The van der Waals surface area contributed by atoms with Gasteiger partial charge in [0.05, 0.1) is 5.69 Å². The normalized spacial score (nSPS) is 11.1. The second-order valence-electron chi connectivity index (χ2n) is 5.04. The van der Waals surface area contributed by atoms with Gasteiger partial charge in [0.2, 0.25) is 0 Å². The van der Waals surface area contributed by atoms with E-state index < -0.39 is 0 Å². The van der Waals surface area contributed by atoms with E-state index in [0.717, 1.165) is 37.2 Å². The van der Waals surface area contributed by atoms with Gasteiger partial charge in [-0.2, -0.15) is 0 Å². The second-order valence-corrected chi connectivity index (χ2v) is 5.04. The highest BCUT2D eigenvalue weighted by atomic mass is 19.1. The minimum atomic E-state index is -0.111. The highest BCUT2D eigenvalue weighted by Gasteiger charge is 2.14. The maximum atomic E-state index is 14.2. The fourth-order valence-corrected chi connectivity index (χ4v) is 2.38. The Balaban J connectivity index is 2.86. The van der Waals surface area contributed by atoms with Crippen molar-refractivity contribution in [2.75, 3.05) is 25.0 Å². The SMILES string of the molecule is CCC(CC)CN(CC)c1ccc(CNC)cc1F. The van der Waals surface area contributed by atoms with Gasteiger partial charge < -0.3 is 10.2 Å². The van der Waals surface area contributed by atoms with E-state index in [1.807, 2.05) is 19.2 Å². The summed E-state index contributed by atoms with van der Waals surface area (Å²) >= 11 is 0. The zero-order chi connectivity index (χ0) is 14.3. The number of hydrogen-bond donors (Lipinski definition) is 1. The summed E-state index contributed by atoms with van der Waals surface area (Å²) in [6, 6.07) is 5.56. The first kappa shape index (κ1) is 16.0. The fraction of sp³-hybridized carbons (Fsp3) is 0.625. The summed E-state index contributed by atoms with van der Waals surface area (Å²) in [4.78, 5) is 2.15. The Bertz CT molecular complexity index is 375. The summed E-state index contributed by atoms with van der Waals surface area (Å²) in [5.41, 5.74) is 1.72. The van der Waals surface area contributed by atoms with Gasteiger partial charge in [-0.15, -0.1) is 0 Å². The lowest BCUT2D eigenvalue weighted by atomic mass is 10.0. The van der Waals surface area contributed by atoms with Crippen molar-refractivity contribution in [1.82, 2.24) is 5.32 Å². The number of anilines is 1. The Morgan fingerprint density at radius 3 is 2.37 bits per heavy atom. The van der Waals surface area contributed by atoms with Gasteiger partial charge in [0.15, 0.2) is 0 Å². The Morgan fingerprint density at radius 1 is 1.21 bits per heavy atom. The van der Waals surface area contributed by atoms with E-state index in [4.69, 9.17) is 0 Å². The quantitative estimate of drug-likeness (QED) is 0.769. The van der Waals surface area contributed by atoms with Crippen molar-refractivity contribution in [3.63, 3.8) is 0 Å². The molecule has 0 aliphatic carbocycles. The zero-order valence-corrected chi connectivity index (χ0v) is 12.7. The molecule has 0 unspecified atom stereocenters. The summed E-state index contributed by atoms with van der Waals surface area (Å²) in [5.74, 6) is 0.525. The van der Waals surface area contributed by atoms with E-state index in [1.165, 1.54) is 0 Å². The maximum absolute atomic E-state index is 14.2. The summed E-state index contributed by atoms with van der Waals surface area (Å²) in [6.07, 6.45) is 2.29. The molecule has 0 heterocycles. The van der Waals surface area contributed by atoms with Crippen LogP contribution in [0.3, 0.4) is 0 Å². The van der Waals surface area contributed by atoms with Gasteiger partial charge in [-0.3, -0.25) is 0 Å². The van der Waals surface area contributed by atoms with Gasteiger partial charge in [0.1, 0.15) is 5.82 Å². The van der Waals surface area contributed by atoms with Gasteiger partial charge in [-0.1, -0.05) is 32.8 Å². The average Bonchev–Trinajstić information content (AvgIpc) is 2.42. The smallest absolute Gasteiger partial charge is 0.146 e. The molecule has 1 aromatic rings. The van der Waals surface area contributed by atoms with Crippen LogP contribution in [0.5, 0.6) is 0 Å². The van der Waals surface area contributed by atoms with Crippen molar-refractivity contribution in [2.24, 2.45) is 5.92 Å². The molecule has 108 valence electrons. The van der Waals surface area contributed by atoms with Gasteiger partial charge in [-0.25, -0.2) is 4.39 Å². The van der Waals surface area contributed by atoms with Crippen molar-refractivity contribution in [3.05, 3.63) is 29.6 Å². The van der Waals surface area contributed by atoms with Crippen LogP contribution in [-0.4, -0.2) is 20.1 Å². The van der Waals surface area contributed by atoms with Crippen LogP contribution in [0.25, 0.3) is 0 Å². The van der Waals surface area contributed by atoms with Crippen LogP contribution in [0, 0.1) is 11.7 Å². The van der Waals surface area contributed by atoms with Crippen molar-refractivity contribution in [2.45, 2.75) is 40.2 Å². The number of nitrogens with zero attached hydrogens (tertiary/aromatic N) is 1. The van der Waals surface area contributed by atoms with Crippen molar-refractivity contribution in [1.29, 1.82) is 0 Å². The average molecular weight is 266 g/mol. The largest absolute Gasteiger partial charge is 0.369 e. The van der Waals surface area contributed by atoms with Gasteiger partial charge in [0.25, 0.3) is 0 Å². The first-order valence-corrected chi connectivity index (χ1v) is 7.34. The topological polar surface area (TPSA) is 15.3 Å². The van der Waals surface area contributed by atoms with Crippen molar-refractivity contribution in [3.8, 4) is 0 Å². The minimum Gasteiger partial charge on any atom is -0.369 e. The molecular formula is C16H27FN2. The molecule has 0 amide bonds. The van der Waals surface area contributed by atoms with Gasteiger partial charge in [-0.05, 0) is 37.6 Å². The molecule has 0 fully saturated rings. The molecule has 0 saturated heterocycles. The first-order chi connectivity index (χ1) is 9.15. The number of hydrogen-bond acceptors (Lipinski definition) is 2. The molecule has 1 N–H and O–H groups in total. The molecule has 0 atom stereocenters. The lowest BCUT2D eigenvalue weighted by Gasteiger charge is -2.28. The van der Waals surface area contributed by atoms with Crippen molar-refractivity contribution >= 4 is 5.69 Å². The molecule has 1 aromatic carbocycles. The number of halogens is 1. The van der Waals surface area contributed by atoms with Crippen LogP contribution in [0.15, 0.2) is 18.2 Å². The highest BCUT2D eigenvalue weighted by Crippen LogP contribution is 2.23. The summed E-state index contributed by atoms with van der Waals surface area (Å²) in [5, 5.41) is 3.04. The standard InChI is InChI=1S/C16H27FN2/c1-5-13(6-2)12-19(7-3)16-9-8-14(11-18-4)10-15(16)17/h8-10,13,18H,5-7,11-12H2,1-4H3. The van der Waals surface area contributed by atoms with Crippen LogP contribution < -0.4 is 10.2 Å². The molecule has 1 rings (SSSR count). The molecule has 2 nitrogen and oxygen atoms in total. The fourth-order valence-electron chi connectivity index (χ4n) is 2.38. The third kappa shape index (κ3) is 4.50. The predicted octanol–water partition coefficient (Wildman–Crippen LogP) is 3.81. The zero-order valence-electron chi connectivity index (χ0n) is 12.7. The second kappa shape index (κ2) is 8.16. The molecule has 3 heteroatoms. The monoisotopic (exact) mass is 266 g/mol.